The summed E-state index contributed by atoms with van der Waals surface area (Å²) in [6.07, 6.45) is 1.69. The fourth-order valence-corrected chi connectivity index (χ4v) is 2.66. The molecule has 0 fully saturated rings. The molecule has 0 aliphatic rings. The van der Waals surface area contributed by atoms with E-state index in [-0.39, 0.29) is 12.8 Å². The van der Waals surface area contributed by atoms with Crippen LogP contribution in [-0.2, 0) is 0 Å². The second-order valence-electron chi connectivity index (χ2n) is 5.67. The van der Waals surface area contributed by atoms with Crippen molar-refractivity contribution in [2.75, 3.05) is 12.0 Å². The smallest absolute Gasteiger partial charge is 0.321 e. The number of anilines is 1. The predicted molar refractivity (Wildman–Crippen MR) is 100 cm³/mol. The van der Waals surface area contributed by atoms with Gasteiger partial charge in [-0.15, -0.1) is 0 Å². The first-order valence-electron chi connectivity index (χ1n) is 7.83. The number of amides is 2. The van der Waals surface area contributed by atoms with Gasteiger partial charge >= 0.3 is 6.03 Å². The number of fused-ring (bicyclic) bond motifs is 1. The van der Waals surface area contributed by atoms with E-state index >= 15 is 0 Å². The zero-order valence-corrected chi connectivity index (χ0v) is 14.7. The Bertz CT molecular complexity index is 899. The van der Waals surface area contributed by atoms with Crippen LogP contribution in [0.3, 0.4) is 0 Å². The molecule has 128 valence electrons. The molecule has 0 aliphatic carbocycles. The summed E-state index contributed by atoms with van der Waals surface area (Å²) in [6, 6.07) is 12.7. The standard InChI is InChI=1S/C19H18ClN3O2/c1-12-9-15(10-13(2)17(12)20)25-11-22-19(24)23-16-7-3-5-14-6-4-8-21-18(14)16/h3-10H,11H2,1-2H3,(H2,22,23,24). The molecule has 3 rings (SSSR count). The minimum Gasteiger partial charge on any atom is -0.473 e. The van der Waals surface area contributed by atoms with Crippen molar-refractivity contribution < 1.29 is 9.53 Å². The summed E-state index contributed by atoms with van der Waals surface area (Å²) in [5, 5.41) is 7.14. The van der Waals surface area contributed by atoms with E-state index in [9.17, 15) is 4.79 Å². The Morgan fingerprint density at radius 3 is 2.64 bits per heavy atom. The molecule has 3 aromatic rings. The van der Waals surface area contributed by atoms with Gasteiger partial charge in [-0.2, -0.15) is 0 Å². The average Bonchev–Trinajstić information content (AvgIpc) is 2.60. The molecule has 2 amide bonds. The van der Waals surface area contributed by atoms with E-state index in [0.717, 1.165) is 27.1 Å². The van der Waals surface area contributed by atoms with Crippen LogP contribution in [0.4, 0.5) is 10.5 Å². The molecule has 0 saturated carbocycles. The number of urea groups is 1. The number of ether oxygens (including phenoxy) is 1. The van der Waals surface area contributed by atoms with Gasteiger partial charge in [0.2, 0.25) is 0 Å². The van der Waals surface area contributed by atoms with Gasteiger partial charge < -0.3 is 15.4 Å². The first-order chi connectivity index (χ1) is 12.0. The minimum absolute atomic E-state index is 0.0462. The van der Waals surface area contributed by atoms with Crippen LogP contribution in [0.5, 0.6) is 5.75 Å². The first-order valence-corrected chi connectivity index (χ1v) is 8.20. The number of para-hydroxylation sites is 1. The molecule has 0 unspecified atom stereocenters. The van der Waals surface area contributed by atoms with Crippen molar-refractivity contribution in [3.05, 3.63) is 64.8 Å². The van der Waals surface area contributed by atoms with Gasteiger partial charge in [0.25, 0.3) is 0 Å². The number of halogens is 1. The Balaban J connectivity index is 1.60. The summed E-state index contributed by atoms with van der Waals surface area (Å²) < 4.78 is 5.57. The van der Waals surface area contributed by atoms with E-state index in [1.165, 1.54) is 0 Å². The molecule has 5 nitrogen and oxygen atoms in total. The number of rotatable bonds is 4. The van der Waals surface area contributed by atoms with Crippen molar-refractivity contribution >= 4 is 34.2 Å². The van der Waals surface area contributed by atoms with Gasteiger partial charge in [-0.1, -0.05) is 29.8 Å². The lowest BCUT2D eigenvalue weighted by atomic mass is 10.1. The normalized spacial score (nSPS) is 10.5. The fourth-order valence-electron chi connectivity index (χ4n) is 2.55. The number of pyridine rings is 1. The van der Waals surface area contributed by atoms with E-state index in [2.05, 4.69) is 15.6 Å². The molecule has 0 radical (unpaired) electrons. The Hall–Kier alpha value is -2.79. The zero-order valence-electron chi connectivity index (χ0n) is 14.0. The second kappa shape index (κ2) is 7.40. The zero-order chi connectivity index (χ0) is 17.8. The molecule has 0 aliphatic heterocycles. The Morgan fingerprint density at radius 2 is 1.88 bits per heavy atom. The highest BCUT2D eigenvalue weighted by molar-refractivity contribution is 6.32. The largest absolute Gasteiger partial charge is 0.473 e. The average molecular weight is 356 g/mol. The maximum Gasteiger partial charge on any atom is 0.321 e. The summed E-state index contributed by atoms with van der Waals surface area (Å²) >= 11 is 6.13. The molecule has 1 aromatic heterocycles. The molecule has 0 bridgehead atoms. The van der Waals surface area contributed by atoms with E-state index in [4.69, 9.17) is 16.3 Å². The maximum atomic E-state index is 12.1. The highest BCUT2D eigenvalue weighted by Gasteiger charge is 2.07. The maximum absolute atomic E-state index is 12.1. The van der Waals surface area contributed by atoms with Gasteiger partial charge in [-0.25, -0.2) is 4.79 Å². The Morgan fingerprint density at radius 1 is 1.16 bits per heavy atom. The number of benzene rings is 2. The van der Waals surface area contributed by atoms with E-state index in [0.29, 0.717) is 11.4 Å². The summed E-state index contributed by atoms with van der Waals surface area (Å²) in [7, 11) is 0. The van der Waals surface area contributed by atoms with Crippen molar-refractivity contribution in [2.45, 2.75) is 13.8 Å². The molecule has 2 N–H and O–H groups in total. The lowest BCUT2D eigenvalue weighted by Gasteiger charge is -2.12. The monoisotopic (exact) mass is 355 g/mol. The van der Waals surface area contributed by atoms with Crippen molar-refractivity contribution in [2.24, 2.45) is 0 Å². The van der Waals surface area contributed by atoms with Gasteiger partial charge in [0.15, 0.2) is 6.73 Å². The van der Waals surface area contributed by atoms with Crippen LogP contribution in [-0.4, -0.2) is 17.7 Å². The summed E-state index contributed by atoms with van der Waals surface area (Å²) in [6.45, 7) is 3.87. The molecule has 1 heterocycles. The van der Waals surface area contributed by atoms with E-state index in [1.54, 1.807) is 6.20 Å². The van der Waals surface area contributed by atoms with Crippen molar-refractivity contribution in [1.82, 2.24) is 10.3 Å². The number of nitrogens with zero attached hydrogens (tertiary/aromatic N) is 1. The molecule has 0 saturated heterocycles. The number of carbonyl (C=O) groups excluding carboxylic acids is 1. The molecule has 2 aromatic carbocycles. The highest BCUT2D eigenvalue weighted by atomic mass is 35.5. The van der Waals surface area contributed by atoms with Crippen LogP contribution >= 0.6 is 11.6 Å². The van der Waals surface area contributed by atoms with Crippen molar-refractivity contribution in [3.63, 3.8) is 0 Å². The van der Waals surface area contributed by atoms with Crippen LogP contribution in [0, 0.1) is 13.8 Å². The summed E-state index contributed by atoms with van der Waals surface area (Å²) in [5.41, 5.74) is 3.25. The minimum atomic E-state index is -0.361. The van der Waals surface area contributed by atoms with Gasteiger partial charge in [-0.3, -0.25) is 4.98 Å². The molecular weight excluding hydrogens is 338 g/mol. The SMILES string of the molecule is Cc1cc(OCNC(=O)Nc2cccc3cccnc23)cc(C)c1Cl. The van der Waals surface area contributed by atoms with Crippen LogP contribution in [0.1, 0.15) is 11.1 Å². The lowest BCUT2D eigenvalue weighted by molar-refractivity contribution is 0.234. The predicted octanol–water partition coefficient (Wildman–Crippen LogP) is 4.66. The van der Waals surface area contributed by atoms with E-state index < -0.39 is 0 Å². The molecular formula is C19H18ClN3O2. The molecule has 0 atom stereocenters. The Labute approximate surface area is 151 Å². The number of aryl methyl sites for hydroxylation is 2. The number of nitrogens with one attached hydrogen (secondary N) is 2. The van der Waals surface area contributed by atoms with Gasteiger partial charge in [-0.05, 0) is 49.2 Å². The number of aromatic nitrogens is 1. The third-order valence-electron chi connectivity index (χ3n) is 3.76. The van der Waals surface area contributed by atoms with Crippen LogP contribution in [0.2, 0.25) is 5.02 Å². The fraction of sp³-hybridized carbons (Fsp3) is 0.158. The highest BCUT2D eigenvalue weighted by Crippen LogP contribution is 2.25. The summed E-state index contributed by atoms with van der Waals surface area (Å²) in [5.74, 6) is 0.659. The molecule has 25 heavy (non-hydrogen) atoms. The van der Waals surface area contributed by atoms with Gasteiger partial charge in [0.1, 0.15) is 5.75 Å². The topological polar surface area (TPSA) is 63.2 Å². The first kappa shape index (κ1) is 17.0. The Kier molecular flexibility index (Phi) is 5.05. The quantitative estimate of drug-likeness (QED) is 0.669. The molecule has 0 spiro atoms. The second-order valence-corrected chi connectivity index (χ2v) is 6.05. The number of carbonyl (C=O) groups is 1. The lowest BCUT2D eigenvalue weighted by Crippen LogP contribution is -2.32. The third kappa shape index (κ3) is 4.00. The number of hydrogen-bond donors (Lipinski definition) is 2. The van der Waals surface area contributed by atoms with E-state index in [1.807, 2.05) is 56.3 Å². The third-order valence-corrected chi connectivity index (χ3v) is 4.36. The van der Waals surface area contributed by atoms with Crippen molar-refractivity contribution in [1.29, 1.82) is 0 Å². The van der Waals surface area contributed by atoms with Crippen LogP contribution < -0.4 is 15.4 Å². The summed E-state index contributed by atoms with van der Waals surface area (Å²) in [4.78, 5) is 16.4. The van der Waals surface area contributed by atoms with Crippen molar-refractivity contribution in [3.8, 4) is 5.75 Å². The van der Waals surface area contributed by atoms with Gasteiger partial charge in [0.05, 0.1) is 11.2 Å². The van der Waals surface area contributed by atoms with Gasteiger partial charge in [0, 0.05) is 16.6 Å². The molecule has 6 heteroatoms. The van der Waals surface area contributed by atoms with Crippen LogP contribution in [0.15, 0.2) is 48.7 Å². The van der Waals surface area contributed by atoms with Crippen LogP contribution in [0.25, 0.3) is 10.9 Å². The number of hydrogen-bond acceptors (Lipinski definition) is 3.